The van der Waals surface area contributed by atoms with Crippen molar-refractivity contribution >= 4 is 29.9 Å². The lowest BCUT2D eigenvalue weighted by atomic mass is 10.1. The number of benzene rings is 1. The quantitative estimate of drug-likeness (QED) is 0.431. The zero-order valence-electron chi connectivity index (χ0n) is 13.4. The third-order valence-corrected chi connectivity index (χ3v) is 3.91. The zero-order chi connectivity index (χ0) is 16.1. The molecule has 1 aromatic carbocycles. The van der Waals surface area contributed by atoms with Gasteiger partial charge in [-0.25, -0.2) is 9.67 Å². The Balaban J connectivity index is 0.00000208. The van der Waals surface area contributed by atoms with Crippen LogP contribution >= 0.6 is 24.0 Å². The molecule has 2 heterocycles. The van der Waals surface area contributed by atoms with E-state index in [1.54, 1.807) is 13.4 Å². The molecule has 0 bridgehead atoms. The molecule has 1 aromatic heterocycles. The predicted octanol–water partition coefficient (Wildman–Crippen LogP) is 1.45. The first-order valence-electron chi connectivity index (χ1n) is 7.61. The van der Waals surface area contributed by atoms with Crippen molar-refractivity contribution in [3.05, 3.63) is 47.5 Å². The van der Waals surface area contributed by atoms with Gasteiger partial charge in [0, 0.05) is 26.1 Å². The molecule has 0 saturated carbocycles. The van der Waals surface area contributed by atoms with E-state index in [-0.39, 0.29) is 30.0 Å². The van der Waals surface area contributed by atoms with E-state index in [9.17, 15) is 0 Å². The molecule has 0 spiro atoms. The Labute approximate surface area is 158 Å². The molecule has 8 heteroatoms. The minimum absolute atomic E-state index is 0. The van der Waals surface area contributed by atoms with E-state index in [1.165, 1.54) is 0 Å². The molecule has 24 heavy (non-hydrogen) atoms. The van der Waals surface area contributed by atoms with Crippen molar-refractivity contribution in [3.63, 3.8) is 0 Å². The first kappa shape index (κ1) is 18.2. The Bertz CT molecular complexity index is 730. The number of aromatic nitrogens is 3. The van der Waals surface area contributed by atoms with Crippen molar-refractivity contribution in [2.75, 3.05) is 7.05 Å². The van der Waals surface area contributed by atoms with Gasteiger partial charge in [-0.1, -0.05) is 12.1 Å². The molecule has 2 aromatic rings. The highest BCUT2D eigenvalue weighted by Gasteiger charge is 2.20. The second-order valence-corrected chi connectivity index (χ2v) is 5.47. The summed E-state index contributed by atoms with van der Waals surface area (Å²) in [5.74, 6) is 1.81. The lowest BCUT2D eigenvalue weighted by Crippen LogP contribution is -2.46. The monoisotopic (exact) mass is 437 g/mol. The summed E-state index contributed by atoms with van der Waals surface area (Å²) in [6.07, 6.45) is 3.54. The minimum Gasteiger partial charge on any atom is -0.352 e. The summed E-state index contributed by atoms with van der Waals surface area (Å²) in [5, 5.41) is 19.8. The fourth-order valence-electron chi connectivity index (χ4n) is 2.63. The van der Waals surface area contributed by atoms with Gasteiger partial charge in [0.1, 0.15) is 12.2 Å². The van der Waals surface area contributed by atoms with Crippen molar-refractivity contribution < 1.29 is 0 Å². The Kier molecular flexibility index (Phi) is 6.54. The van der Waals surface area contributed by atoms with Crippen LogP contribution in [-0.2, 0) is 19.5 Å². The number of guanidine groups is 1. The van der Waals surface area contributed by atoms with Gasteiger partial charge >= 0.3 is 0 Å². The van der Waals surface area contributed by atoms with Crippen LogP contribution in [0.15, 0.2) is 35.6 Å². The van der Waals surface area contributed by atoms with Gasteiger partial charge < -0.3 is 10.6 Å². The molecule has 1 aliphatic heterocycles. The smallest absolute Gasteiger partial charge is 0.191 e. The Hall–Kier alpha value is -2.15. The van der Waals surface area contributed by atoms with Crippen molar-refractivity contribution in [2.45, 2.75) is 32.0 Å². The number of hydrogen-bond acceptors (Lipinski definition) is 4. The molecule has 126 valence electrons. The average molecular weight is 437 g/mol. The Morgan fingerprint density at radius 2 is 2.21 bits per heavy atom. The van der Waals surface area contributed by atoms with Crippen LogP contribution in [0.5, 0.6) is 0 Å². The molecule has 3 rings (SSSR count). The summed E-state index contributed by atoms with van der Waals surface area (Å²) in [7, 11) is 1.76. The number of nitriles is 1. The van der Waals surface area contributed by atoms with E-state index in [1.807, 2.05) is 28.9 Å². The van der Waals surface area contributed by atoms with Gasteiger partial charge in [0.25, 0.3) is 0 Å². The Morgan fingerprint density at radius 1 is 1.42 bits per heavy atom. The van der Waals surface area contributed by atoms with Crippen LogP contribution < -0.4 is 10.6 Å². The molecule has 2 N–H and O–H groups in total. The lowest BCUT2D eigenvalue weighted by Gasteiger charge is -2.25. The molecular weight excluding hydrogens is 417 g/mol. The maximum atomic E-state index is 8.81. The molecule has 0 radical (unpaired) electrons. The summed E-state index contributed by atoms with van der Waals surface area (Å²) in [5.41, 5.74) is 1.77. The lowest BCUT2D eigenvalue weighted by molar-refractivity contribution is 0.392. The molecular formula is C16H20IN7. The highest BCUT2D eigenvalue weighted by atomic mass is 127. The average Bonchev–Trinajstić information content (AvgIpc) is 3.06. The van der Waals surface area contributed by atoms with Crippen LogP contribution in [0.25, 0.3) is 0 Å². The number of aryl methyl sites for hydroxylation is 1. The number of fused-ring (bicyclic) bond motifs is 1. The van der Waals surface area contributed by atoms with Gasteiger partial charge in [-0.3, -0.25) is 4.99 Å². The summed E-state index contributed by atoms with van der Waals surface area (Å²) in [4.78, 5) is 8.51. The van der Waals surface area contributed by atoms with Crippen molar-refractivity contribution in [1.82, 2.24) is 25.4 Å². The van der Waals surface area contributed by atoms with E-state index in [0.29, 0.717) is 12.1 Å². The van der Waals surface area contributed by atoms with Gasteiger partial charge in [-0.2, -0.15) is 10.4 Å². The van der Waals surface area contributed by atoms with Gasteiger partial charge in [0.05, 0.1) is 18.2 Å². The summed E-state index contributed by atoms with van der Waals surface area (Å²) in [6.45, 7) is 1.46. The molecule has 1 aliphatic rings. The molecule has 7 nitrogen and oxygen atoms in total. The van der Waals surface area contributed by atoms with E-state index in [0.717, 1.165) is 36.7 Å². The number of nitrogens with one attached hydrogen (secondary N) is 2. The van der Waals surface area contributed by atoms with Gasteiger partial charge in [0.2, 0.25) is 0 Å². The van der Waals surface area contributed by atoms with Gasteiger partial charge in [-0.05, 0) is 24.1 Å². The second-order valence-electron chi connectivity index (χ2n) is 5.47. The fraction of sp³-hybridized carbons (Fsp3) is 0.375. The second kappa shape index (κ2) is 8.63. The first-order valence-corrected chi connectivity index (χ1v) is 7.61. The van der Waals surface area contributed by atoms with E-state index in [4.69, 9.17) is 5.26 Å². The summed E-state index contributed by atoms with van der Waals surface area (Å²) < 4.78 is 1.94. The third-order valence-electron chi connectivity index (χ3n) is 3.91. The number of rotatable bonds is 3. The molecule has 0 aliphatic carbocycles. The predicted molar refractivity (Wildman–Crippen MR) is 102 cm³/mol. The van der Waals surface area contributed by atoms with Crippen LogP contribution in [0.4, 0.5) is 0 Å². The topological polar surface area (TPSA) is 90.9 Å². The molecule has 0 saturated heterocycles. The van der Waals surface area contributed by atoms with Crippen LogP contribution in [0.3, 0.4) is 0 Å². The summed E-state index contributed by atoms with van der Waals surface area (Å²) in [6, 6.07) is 9.94. The van der Waals surface area contributed by atoms with Crippen LogP contribution in [0.2, 0.25) is 0 Å². The normalized spacial score (nSPS) is 16.5. The van der Waals surface area contributed by atoms with Crippen LogP contribution in [0.1, 0.15) is 23.4 Å². The highest BCUT2D eigenvalue weighted by Crippen LogP contribution is 2.11. The standard InChI is InChI=1S/C16H19N7.HI/c1-18-16(19-9-13-4-2-12(8-17)3-5-13)22-14-6-7-15-20-11-21-23(15)10-14;/h2-5,11,14H,6-7,9-10H2,1H3,(H2,18,19,22);1H. The van der Waals surface area contributed by atoms with Crippen LogP contribution in [-0.4, -0.2) is 33.8 Å². The van der Waals surface area contributed by atoms with Crippen LogP contribution in [0, 0.1) is 11.3 Å². The van der Waals surface area contributed by atoms with E-state index < -0.39 is 0 Å². The number of aliphatic imine (C=N–C) groups is 1. The number of halogens is 1. The minimum atomic E-state index is 0. The van der Waals surface area contributed by atoms with Crippen molar-refractivity contribution in [3.8, 4) is 6.07 Å². The zero-order valence-corrected chi connectivity index (χ0v) is 15.8. The highest BCUT2D eigenvalue weighted by molar-refractivity contribution is 14.0. The van der Waals surface area contributed by atoms with E-state index in [2.05, 4.69) is 31.8 Å². The first-order chi connectivity index (χ1) is 11.3. The fourth-order valence-corrected chi connectivity index (χ4v) is 2.63. The maximum absolute atomic E-state index is 8.81. The third kappa shape index (κ3) is 4.44. The molecule has 0 amide bonds. The van der Waals surface area contributed by atoms with Gasteiger partial charge in [0.15, 0.2) is 5.96 Å². The molecule has 1 unspecified atom stereocenters. The molecule has 1 atom stereocenters. The number of hydrogen-bond donors (Lipinski definition) is 2. The maximum Gasteiger partial charge on any atom is 0.191 e. The number of nitrogens with zero attached hydrogens (tertiary/aromatic N) is 5. The largest absolute Gasteiger partial charge is 0.352 e. The van der Waals surface area contributed by atoms with E-state index >= 15 is 0 Å². The summed E-state index contributed by atoms with van der Waals surface area (Å²) >= 11 is 0. The van der Waals surface area contributed by atoms with Crippen molar-refractivity contribution in [2.24, 2.45) is 4.99 Å². The Morgan fingerprint density at radius 3 is 2.92 bits per heavy atom. The SMILES string of the molecule is CN=C(NCc1ccc(C#N)cc1)NC1CCc2ncnn2C1.I. The molecule has 0 fully saturated rings. The van der Waals surface area contributed by atoms with Crippen molar-refractivity contribution in [1.29, 1.82) is 5.26 Å². The van der Waals surface area contributed by atoms with Gasteiger partial charge in [-0.15, -0.1) is 24.0 Å².